The summed E-state index contributed by atoms with van der Waals surface area (Å²) in [5, 5.41) is 52.9. The molecule has 3 aromatic heterocycles. The number of carbonyl (C=O) groups is 3. The van der Waals surface area contributed by atoms with E-state index in [-0.39, 0.29) is 50.1 Å². The van der Waals surface area contributed by atoms with Gasteiger partial charge in [0, 0.05) is 115 Å². The SMILES string of the molecule is CCc1cc(NC(=O)NC[C@@H]2CCCN(CCc3ccccc3F)C2)cc(-c2nnnn2C)c1.CCc1cc(NC(=O)N[C@@H]2CCCN(CCc3ccc(F)cc3)C2)cc(-c2nnnn2C)c1.Cn1nnnc1-c1cccc(NC(=O)NC[C@@H]2CCCN(CCCc3ccc(F)cc3)C2)c1.[HH].[HH].[HH].[HH].[HH].[HH]. The number of likely N-dealkylation sites (tertiary alicyclic amines) is 3. The largest absolute Gasteiger partial charge is 0.338 e. The molecule has 12 rings (SSSR count). The normalized spacial score (nSPS) is 16.5. The monoisotopic (exact) mass is 1380 g/mol. The Morgan fingerprint density at radius 2 is 0.940 bits per heavy atom. The molecule has 27 heteroatoms. The number of amides is 6. The molecule has 3 fully saturated rings. The maximum absolute atomic E-state index is 13.9. The maximum atomic E-state index is 13.9. The Kier molecular flexibility index (Phi) is 26.7. The summed E-state index contributed by atoms with van der Waals surface area (Å²) in [7, 11) is 5.36. The summed E-state index contributed by atoms with van der Waals surface area (Å²) in [5.74, 6) is 2.21. The van der Waals surface area contributed by atoms with Gasteiger partial charge in [-0.05, 0) is 253 Å². The van der Waals surface area contributed by atoms with E-state index in [0.29, 0.717) is 65.9 Å². The molecule has 0 saturated carbocycles. The van der Waals surface area contributed by atoms with E-state index in [4.69, 9.17) is 0 Å². The fourth-order valence-electron chi connectivity index (χ4n) is 13.0. The number of tetrazole rings is 3. The van der Waals surface area contributed by atoms with Crippen LogP contribution in [0.3, 0.4) is 0 Å². The van der Waals surface area contributed by atoms with Crippen molar-refractivity contribution < 1.29 is 36.1 Å². The van der Waals surface area contributed by atoms with E-state index < -0.39 is 0 Å². The molecular formula is C73H104F3N21O3. The molecule has 6 amide bonds. The molecule has 6 heterocycles. The van der Waals surface area contributed by atoms with Crippen molar-refractivity contribution >= 4 is 35.2 Å². The van der Waals surface area contributed by atoms with Crippen LogP contribution < -0.4 is 31.9 Å². The van der Waals surface area contributed by atoms with Gasteiger partial charge in [0.1, 0.15) is 17.5 Å². The number of nitrogens with zero attached hydrogens (tertiary/aromatic N) is 15. The Hall–Kier alpha value is -9.99. The number of urea groups is 3. The van der Waals surface area contributed by atoms with Crippen LogP contribution in [-0.2, 0) is 53.2 Å². The van der Waals surface area contributed by atoms with E-state index in [0.717, 1.165) is 168 Å². The Morgan fingerprint density at radius 3 is 1.47 bits per heavy atom. The molecule has 3 saturated heterocycles. The fourth-order valence-corrected chi connectivity index (χ4v) is 13.0. The van der Waals surface area contributed by atoms with E-state index in [1.807, 2.05) is 97.1 Å². The first kappa shape index (κ1) is 72.7. The van der Waals surface area contributed by atoms with Crippen molar-refractivity contribution in [3.8, 4) is 34.2 Å². The molecule has 0 spiro atoms. The molecule has 3 atom stereocenters. The molecule has 3 aliphatic rings. The molecule has 0 bridgehead atoms. The molecular weight excluding hydrogens is 1280 g/mol. The number of aromatic nitrogens is 12. The van der Waals surface area contributed by atoms with Crippen molar-refractivity contribution in [2.24, 2.45) is 33.0 Å². The zero-order chi connectivity index (χ0) is 70.2. The predicted molar refractivity (Wildman–Crippen MR) is 393 cm³/mol. The fraction of sp³-hybridized carbons (Fsp3) is 0.425. The average Bonchev–Trinajstić information content (AvgIpc) is 1.63. The standard InChI is InChI=1S/C25H32FN7O.2C24H30FN7O.6H2/c1-3-18-13-21(24-29-30-31-32(24)2)15-22(14-18)28-25(34)27-16-19-7-6-11-33(17-19)12-10-20-8-4-5-9-23(20)26;1-31-23(28-29-30-31)20-7-2-8-22(15-20)27-24(33)26-16-19-6-4-14-32(17-19)13-3-5-18-9-11-21(25)12-10-18;1-3-17-13-19(23-28-29-30-31(23)2)15-22(14-17)27-24(33)26-21-5-4-11-32(16-21)12-10-18-6-8-20(25)9-7-18;;;;;;/h4-5,8-9,13-15,19H,3,6-7,10-12,16-17H2,1-2H3,(H2,27,28,34);2,7-12,15,19H,3-6,13-14,16-17H2,1H3,(H2,26,27,33);6-9,13-15,21H,3-5,10-12,16H2,1-2H3,(H2,26,27,33);6*1H/t2*19-;21-;;;;;;/m001....../s1. The summed E-state index contributed by atoms with van der Waals surface area (Å²) in [5.41, 5.74) is 9.91. The highest BCUT2D eigenvalue weighted by molar-refractivity contribution is 5.91. The Balaban J connectivity index is 0.000000327. The van der Waals surface area contributed by atoms with Crippen LogP contribution in [0.4, 0.5) is 44.6 Å². The van der Waals surface area contributed by atoms with Gasteiger partial charge in [0.2, 0.25) is 0 Å². The van der Waals surface area contributed by atoms with Crippen LogP contribution >= 0.6 is 0 Å². The first-order valence-corrected chi connectivity index (χ1v) is 34.7. The lowest BCUT2D eigenvalue weighted by Crippen LogP contribution is -2.49. The van der Waals surface area contributed by atoms with E-state index in [1.165, 1.54) is 35.9 Å². The summed E-state index contributed by atoms with van der Waals surface area (Å²) >= 11 is 0. The van der Waals surface area contributed by atoms with Gasteiger partial charge in [0.25, 0.3) is 0 Å². The molecule has 9 aromatic rings. The predicted octanol–water partition coefficient (Wildman–Crippen LogP) is 12.0. The van der Waals surface area contributed by atoms with E-state index in [9.17, 15) is 27.6 Å². The minimum Gasteiger partial charge on any atom is -0.338 e. The molecule has 0 unspecified atom stereocenters. The lowest BCUT2D eigenvalue weighted by atomic mass is 9.97. The molecule has 6 aromatic carbocycles. The summed E-state index contributed by atoms with van der Waals surface area (Å²) in [6.45, 7) is 13.9. The van der Waals surface area contributed by atoms with Crippen LogP contribution in [-0.4, -0.2) is 171 Å². The zero-order valence-electron chi connectivity index (χ0n) is 57.8. The smallest absolute Gasteiger partial charge is 0.319 e. The second-order valence-electron chi connectivity index (χ2n) is 26.0. The molecule has 0 aliphatic carbocycles. The summed E-state index contributed by atoms with van der Waals surface area (Å²) in [4.78, 5) is 45.0. The van der Waals surface area contributed by atoms with Crippen LogP contribution in [0.2, 0.25) is 0 Å². The number of halogens is 3. The van der Waals surface area contributed by atoms with Gasteiger partial charge in [0.15, 0.2) is 17.5 Å². The highest BCUT2D eigenvalue weighted by Gasteiger charge is 2.25. The number of aryl methyl sites for hydroxylation is 6. The van der Waals surface area contributed by atoms with Gasteiger partial charge in [-0.25, -0.2) is 41.6 Å². The van der Waals surface area contributed by atoms with Crippen molar-refractivity contribution in [1.82, 2.24) is 91.3 Å². The van der Waals surface area contributed by atoms with Gasteiger partial charge >= 0.3 is 18.1 Å². The van der Waals surface area contributed by atoms with Crippen LogP contribution in [0, 0.1) is 29.3 Å². The van der Waals surface area contributed by atoms with Gasteiger partial charge in [0.05, 0.1) is 0 Å². The van der Waals surface area contributed by atoms with Crippen LogP contribution in [0.1, 0.15) is 95.2 Å². The number of rotatable bonds is 23. The second kappa shape index (κ2) is 36.7. The van der Waals surface area contributed by atoms with E-state index in [2.05, 4.69) is 107 Å². The molecule has 24 nitrogen and oxygen atoms in total. The lowest BCUT2D eigenvalue weighted by molar-refractivity contribution is 0.171. The Labute approximate surface area is 591 Å². The zero-order valence-corrected chi connectivity index (χ0v) is 57.8. The molecule has 6 N–H and O–H groups in total. The van der Waals surface area contributed by atoms with Crippen molar-refractivity contribution in [2.45, 2.75) is 96.9 Å². The van der Waals surface area contributed by atoms with Gasteiger partial charge in [-0.1, -0.05) is 68.4 Å². The van der Waals surface area contributed by atoms with Crippen molar-refractivity contribution in [3.63, 3.8) is 0 Å². The topological polar surface area (TPSA) is 264 Å². The summed E-state index contributed by atoms with van der Waals surface area (Å²) in [6, 6.07) is 39.1. The number of anilines is 3. The number of piperidine rings is 3. The van der Waals surface area contributed by atoms with Gasteiger partial charge in [-0.3, -0.25) is 0 Å². The molecule has 100 heavy (non-hydrogen) atoms. The number of nitrogens with one attached hydrogen (secondary N) is 6. The van der Waals surface area contributed by atoms with Gasteiger partial charge in [-0.2, -0.15) is 0 Å². The third kappa shape index (κ3) is 22.3. The first-order chi connectivity index (χ1) is 48.6. The quantitative estimate of drug-likeness (QED) is 0.0348. The summed E-state index contributed by atoms with van der Waals surface area (Å²) in [6.07, 6.45) is 11.6. The van der Waals surface area contributed by atoms with Crippen LogP contribution in [0.15, 0.2) is 133 Å². The molecule has 540 valence electrons. The van der Waals surface area contributed by atoms with E-state index in [1.54, 1.807) is 41.3 Å². The minimum absolute atomic E-state index is 0. The third-order valence-electron chi connectivity index (χ3n) is 18.4. The number of carbonyl (C=O) groups excluding carboxylic acids is 3. The van der Waals surface area contributed by atoms with E-state index >= 15 is 0 Å². The molecule has 0 radical (unpaired) electrons. The Bertz CT molecular complexity index is 4110. The molecule has 3 aliphatic heterocycles. The van der Waals surface area contributed by atoms with Crippen LogP contribution in [0.25, 0.3) is 34.2 Å². The van der Waals surface area contributed by atoms with Crippen LogP contribution in [0.5, 0.6) is 0 Å². The highest BCUT2D eigenvalue weighted by atomic mass is 19.1. The average molecular weight is 1380 g/mol. The maximum Gasteiger partial charge on any atom is 0.319 e. The Morgan fingerprint density at radius 1 is 0.470 bits per heavy atom. The first-order valence-electron chi connectivity index (χ1n) is 34.7. The number of benzene rings is 6. The number of hydrogen-bond acceptors (Lipinski definition) is 15. The second-order valence-corrected chi connectivity index (χ2v) is 26.0. The van der Waals surface area contributed by atoms with Crippen molar-refractivity contribution in [2.75, 3.05) is 87.9 Å². The minimum atomic E-state index is -0.223. The van der Waals surface area contributed by atoms with Gasteiger partial charge in [-0.15, -0.1) is 15.3 Å². The highest BCUT2D eigenvalue weighted by Crippen LogP contribution is 2.27. The van der Waals surface area contributed by atoms with Crippen molar-refractivity contribution in [1.29, 1.82) is 0 Å². The van der Waals surface area contributed by atoms with Gasteiger partial charge < -0.3 is 46.6 Å². The number of hydrogen-bond donors (Lipinski definition) is 6. The van der Waals surface area contributed by atoms with Crippen molar-refractivity contribution in [3.05, 3.63) is 179 Å². The third-order valence-corrected chi connectivity index (χ3v) is 18.4. The summed E-state index contributed by atoms with van der Waals surface area (Å²) < 4.78 is 44.8. The lowest BCUT2D eigenvalue weighted by Gasteiger charge is -2.33.